The summed E-state index contributed by atoms with van der Waals surface area (Å²) in [4.78, 5) is 24.5. The highest BCUT2D eigenvalue weighted by Gasteiger charge is 2.45. The molecule has 0 heterocycles. The predicted octanol–water partition coefficient (Wildman–Crippen LogP) is 3.68. The minimum Gasteiger partial charge on any atom is -0.481 e. The summed E-state index contributed by atoms with van der Waals surface area (Å²) < 4.78 is 5.72. The molecule has 1 aliphatic rings. The molecule has 142 valence electrons. The second kappa shape index (κ2) is 8.01. The van der Waals surface area contributed by atoms with E-state index in [-0.39, 0.29) is 17.7 Å². The zero-order chi connectivity index (χ0) is 19.6. The van der Waals surface area contributed by atoms with Crippen LogP contribution in [-0.2, 0) is 9.59 Å². The van der Waals surface area contributed by atoms with Crippen molar-refractivity contribution >= 4 is 23.4 Å². The van der Waals surface area contributed by atoms with Crippen LogP contribution >= 0.6 is 11.6 Å². The Hall–Kier alpha value is -2.53. The molecule has 3 atom stereocenters. The molecule has 2 aromatic carbocycles. The second-order valence-electron chi connectivity index (χ2n) is 6.91. The van der Waals surface area contributed by atoms with Gasteiger partial charge in [-0.1, -0.05) is 41.9 Å². The van der Waals surface area contributed by atoms with Crippen LogP contribution in [0.5, 0.6) is 5.75 Å². The van der Waals surface area contributed by atoms with E-state index < -0.39 is 12.0 Å². The van der Waals surface area contributed by atoms with Gasteiger partial charge in [-0.25, -0.2) is 0 Å². The SMILES string of the molecule is Cc1cccc(OC(C)C(=O)NNC(=O)C2CC2c2ccccc2Cl)c1C. The number of nitrogens with one attached hydrogen (secondary N) is 2. The van der Waals surface area contributed by atoms with E-state index in [9.17, 15) is 9.59 Å². The van der Waals surface area contributed by atoms with Gasteiger partial charge in [-0.2, -0.15) is 0 Å². The summed E-state index contributed by atoms with van der Waals surface area (Å²) in [6.45, 7) is 5.57. The molecular formula is C21H23ClN2O3. The second-order valence-corrected chi connectivity index (χ2v) is 7.31. The largest absolute Gasteiger partial charge is 0.481 e. The van der Waals surface area contributed by atoms with E-state index in [4.69, 9.17) is 16.3 Å². The Morgan fingerprint density at radius 2 is 1.85 bits per heavy atom. The Balaban J connectivity index is 1.50. The van der Waals surface area contributed by atoms with Gasteiger partial charge >= 0.3 is 0 Å². The monoisotopic (exact) mass is 386 g/mol. The Bertz CT molecular complexity index is 868. The fraction of sp³-hybridized carbons (Fsp3) is 0.333. The van der Waals surface area contributed by atoms with Crippen LogP contribution in [-0.4, -0.2) is 17.9 Å². The van der Waals surface area contributed by atoms with Crippen molar-refractivity contribution in [1.82, 2.24) is 10.9 Å². The van der Waals surface area contributed by atoms with Crippen molar-refractivity contribution in [3.63, 3.8) is 0 Å². The topological polar surface area (TPSA) is 67.4 Å². The molecule has 0 spiro atoms. The number of carbonyl (C=O) groups is 2. The van der Waals surface area contributed by atoms with E-state index in [1.165, 1.54) is 0 Å². The highest BCUT2D eigenvalue weighted by Crippen LogP contribution is 2.49. The van der Waals surface area contributed by atoms with E-state index in [1.807, 2.05) is 56.3 Å². The minimum absolute atomic E-state index is 0.0965. The summed E-state index contributed by atoms with van der Waals surface area (Å²) in [5, 5.41) is 0.664. The number of amides is 2. The number of carbonyl (C=O) groups excluding carboxylic acids is 2. The molecule has 3 unspecified atom stereocenters. The van der Waals surface area contributed by atoms with Crippen molar-refractivity contribution < 1.29 is 14.3 Å². The number of ether oxygens (including phenoxy) is 1. The van der Waals surface area contributed by atoms with E-state index in [0.717, 1.165) is 23.1 Å². The van der Waals surface area contributed by atoms with Crippen molar-refractivity contribution in [2.24, 2.45) is 5.92 Å². The molecule has 1 aliphatic carbocycles. The van der Waals surface area contributed by atoms with Crippen molar-refractivity contribution in [3.8, 4) is 5.75 Å². The maximum atomic E-state index is 12.3. The maximum absolute atomic E-state index is 12.3. The first-order chi connectivity index (χ1) is 12.9. The van der Waals surface area contributed by atoms with Gasteiger partial charge in [0, 0.05) is 10.9 Å². The average Bonchev–Trinajstić information content (AvgIpc) is 3.44. The number of aryl methyl sites for hydroxylation is 1. The first-order valence-corrected chi connectivity index (χ1v) is 9.33. The van der Waals surface area contributed by atoms with Gasteiger partial charge in [0.15, 0.2) is 6.10 Å². The zero-order valence-corrected chi connectivity index (χ0v) is 16.3. The lowest BCUT2D eigenvalue weighted by Gasteiger charge is -2.17. The van der Waals surface area contributed by atoms with Crippen LogP contribution in [0.1, 0.15) is 36.0 Å². The molecule has 6 heteroatoms. The van der Waals surface area contributed by atoms with Gasteiger partial charge in [-0.15, -0.1) is 0 Å². The van der Waals surface area contributed by atoms with Crippen molar-refractivity contribution in [1.29, 1.82) is 0 Å². The molecule has 0 bridgehead atoms. The highest BCUT2D eigenvalue weighted by atomic mass is 35.5. The highest BCUT2D eigenvalue weighted by molar-refractivity contribution is 6.31. The summed E-state index contributed by atoms with van der Waals surface area (Å²) in [6.07, 6.45) is -0.00987. The third-order valence-corrected chi connectivity index (χ3v) is 5.31. The molecule has 2 N–H and O–H groups in total. The lowest BCUT2D eigenvalue weighted by Crippen LogP contribution is -2.47. The average molecular weight is 387 g/mol. The summed E-state index contributed by atoms with van der Waals surface area (Å²) in [5.74, 6) is -0.0454. The summed E-state index contributed by atoms with van der Waals surface area (Å²) >= 11 is 6.18. The third-order valence-electron chi connectivity index (χ3n) is 4.97. The van der Waals surface area contributed by atoms with Gasteiger partial charge in [0.05, 0.1) is 0 Å². The lowest BCUT2D eigenvalue weighted by molar-refractivity contribution is -0.133. The molecule has 3 rings (SSSR count). The molecule has 2 aromatic rings. The molecule has 5 nitrogen and oxygen atoms in total. The molecule has 0 aromatic heterocycles. The molecule has 27 heavy (non-hydrogen) atoms. The fourth-order valence-electron chi connectivity index (χ4n) is 3.02. The molecule has 0 radical (unpaired) electrons. The van der Waals surface area contributed by atoms with Crippen LogP contribution in [0.25, 0.3) is 0 Å². The Labute approximate surface area is 164 Å². The van der Waals surface area contributed by atoms with E-state index in [1.54, 1.807) is 6.92 Å². The number of benzene rings is 2. The fourth-order valence-corrected chi connectivity index (χ4v) is 3.29. The van der Waals surface area contributed by atoms with E-state index in [0.29, 0.717) is 10.8 Å². The Kier molecular flexibility index (Phi) is 5.71. The standard InChI is InChI=1S/C21H23ClN2O3/c1-12-7-6-10-19(13(12)2)27-14(3)20(25)23-24-21(26)17-11-16(17)15-8-4-5-9-18(15)22/h4-10,14,16-17H,11H2,1-3H3,(H,23,25)(H,24,26). The third kappa shape index (κ3) is 4.42. The van der Waals surface area contributed by atoms with Crippen LogP contribution in [0.4, 0.5) is 0 Å². The molecule has 0 saturated heterocycles. The zero-order valence-electron chi connectivity index (χ0n) is 15.6. The van der Waals surface area contributed by atoms with Crippen molar-refractivity contribution in [2.75, 3.05) is 0 Å². The molecule has 1 saturated carbocycles. The normalized spacial score (nSPS) is 19.1. The number of rotatable bonds is 5. The van der Waals surface area contributed by atoms with Gasteiger partial charge < -0.3 is 4.74 Å². The van der Waals surface area contributed by atoms with E-state index >= 15 is 0 Å². The van der Waals surface area contributed by atoms with Crippen LogP contribution in [0, 0.1) is 19.8 Å². The molecule has 2 amide bonds. The minimum atomic E-state index is -0.732. The maximum Gasteiger partial charge on any atom is 0.279 e. The number of hydrogen-bond donors (Lipinski definition) is 2. The predicted molar refractivity (Wildman–Crippen MR) is 105 cm³/mol. The van der Waals surface area contributed by atoms with Crippen molar-refractivity contribution in [2.45, 2.75) is 39.2 Å². The summed E-state index contributed by atoms with van der Waals surface area (Å²) in [7, 11) is 0. The summed E-state index contributed by atoms with van der Waals surface area (Å²) in [6, 6.07) is 13.2. The lowest BCUT2D eigenvalue weighted by atomic mass is 10.1. The smallest absolute Gasteiger partial charge is 0.279 e. The van der Waals surface area contributed by atoms with Gasteiger partial charge in [0.2, 0.25) is 5.91 Å². The number of halogens is 1. The van der Waals surface area contributed by atoms with Gasteiger partial charge in [0.25, 0.3) is 5.91 Å². The quantitative estimate of drug-likeness (QED) is 0.770. The number of hydrogen-bond acceptors (Lipinski definition) is 3. The summed E-state index contributed by atoms with van der Waals surface area (Å²) in [5.41, 5.74) is 7.99. The van der Waals surface area contributed by atoms with Gasteiger partial charge in [-0.3, -0.25) is 20.4 Å². The van der Waals surface area contributed by atoms with Crippen LogP contribution < -0.4 is 15.6 Å². The molecular weight excluding hydrogens is 364 g/mol. The Morgan fingerprint density at radius 1 is 1.11 bits per heavy atom. The van der Waals surface area contributed by atoms with Gasteiger partial charge in [0.1, 0.15) is 5.75 Å². The molecule has 0 aliphatic heterocycles. The first-order valence-electron chi connectivity index (χ1n) is 8.95. The number of hydrazine groups is 1. The van der Waals surface area contributed by atoms with Crippen LogP contribution in [0.2, 0.25) is 5.02 Å². The van der Waals surface area contributed by atoms with E-state index in [2.05, 4.69) is 10.9 Å². The van der Waals surface area contributed by atoms with Crippen LogP contribution in [0.3, 0.4) is 0 Å². The Morgan fingerprint density at radius 3 is 2.59 bits per heavy atom. The first kappa shape index (κ1) is 19.2. The molecule has 1 fully saturated rings. The van der Waals surface area contributed by atoms with Crippen LogP contribution in [0.15, 0.2) is 42.5 Å². The van der Waals surface area contributed by atoms with Gasteiger partial charge in [-0.05, 0) is 61.9 Å². The van der Waals surface area contributed by atoms with Crippen molar-refractivity contribution in [3.05, 3.63) is 64.2 Å².